The van der Waals surface area contributed by atoms with Crippen molar-refractivity contribution in [2.45, 2.75) is 56.4 Å². The number of carbonyl (C=O) groups is 1. The average molecular weight is 356 g/mol. The van der Waals surface area contributed by atoms with Crippen molar-refractivity contribution in [3.8, 4) is 0 Å². The molecule has 4 rings (SSSR count). The van der Waals surface area contributed by atoms with Crippen molar-refractivity contribution in [1.29, 1.82) is 0 Å². The van der Waals surface area contributed by atoms with Gasteiger partial charge in [0.15, 0.2) is 0 Å². The number of benzene rings is 1. The molecular formula is C22H33N3O. The molecule has 0 atom stereocenters. The lowest BCUT2D eigenvalue weighted by molar-refractivity contribution is -0.122. The van der Waals surface area contributed by atoms with E-state index in [2.05, 4.69) is 45.4 Å². The first-order valence-corrected chi connectivity index (χ1v) is 10.5. The van der Waals surface area contributed by atoms with Crippen LogP contribution in [0.5, 0.6) is 0 Å². The van der Waals surface area contributed by atoms with Crippen LogP contribution in [0.25, 0.3) is 0 Å². The molecule has 0 saturated carbocycles. The molecule has 3 aliphatic heterocycles. The number of carbonyl (C=O) groups excluding carboxylic acids is 1. The molecule has 26 heavy (non-hydrogen) atoms. The number of hydrogen-bond acceptors (Lipinski definition) is 3. The van der Waals surface area contributed by atoms with E-state index in [1.54, 1.807) is 0 Å². The summed E-state index contributed by atoms with van der Waals surface area (Å²) in [5, 5.41) is 3.20. The third kappa shape index (κ3) is 3.96. The van der Waals surface area contributed by atoms with Gasteiger partial charge < -0.3 is 5.32 Å². The molecule has 3 fully saturated rings. The van der Waals surface area contributed by atoms with E-state index in [9.17, 15) is 4.79 Å². The molecule has 1 amide bonds. The molecule has 4 heteroatoms. The Bertz CT molecular complexity index is 585. The molecule has 0 unspecified atom stereocenters. The number of nitrogens with zero attached hydrogens (tertiary/aromatic N) is 2. The number of amides is 1. The molecule has 142 valence electrons. The third-order valence-corrected chi connectivity index (χ3v) is 6.95. The van der Waals surface area contributed by atoms with E-state index in [0.717, 1.165) is 38.9 Å². The lowest BCUT2D eigenvalue weighted by Gasteiger charge is -2.33. The van der Waals surface area contributed by atoms with Gasteiger partial charge in [-0.1, -0.05) is 30.3 Å². The molecule has 0 spiro atoms. The van der Waals surface area contributed by atoms with Gasteiger partial charge in [0.05, 0.1) is 6.54 Å². The normalized spacial score (nSPS) is 23.8. The van der Waals surface area contributed by atoms with Crippen LogP contribution in [0.15, 0.2) is 30.3 Å². The third-order valence-electron chi connectivity index (χ3n) is 6.95. The molecule has 1 aromatic rings. The van der Waals surface area contributed by atoms with Gasteiger partial charge in [-0.3, -0.25) is 14.6 Å². The van der Waals surface area contributed by atoms with Crippen molar-refractivity contribution >= 4 is 5.91 Å². The van der Waals surface area contributed by atoms with Crippen LogP contribution >= 0.6 is 0 Å². The number of piperidine rings is 1. The fourth-order valence-corrected chi connectivity index (χ4v) is 5.48. The zero-order chi connectivity index (χ0) is 17.8. The highest BCUT2D eigenvalue weighted by Crippen LogP contribution is 2.40. The number of nitrogens with one attached hydrogen (secondary N) is 1. The van der Waals surface area contributed by atoms with E-state index < -0.39 is 0 Å². The first-order chi connectivity index (χ1) is 12.8. The molecule has 0 aliphatic carbocycles. The van der Waals surface area contributed by atoms with Gasteiger partial charge in [-0.25, -0.2) is 0 Å². The van der Waals surface area contributed by atoms with Crippen molar-refractivity contribution in [2.75, 3.05) is 39.3 Å². The van der Waals surface area contributed by atoms with E-state index in [1.165, 1.54) is 44.3 Å². The number of rotatable bonds is 6. The van der Waals surface area contributed by atoms with Crippen molar-refractivity contribution in [2.24, 2.45) is 0 Å². The van der Waals surface area contributed by atoms with Gasteiger partial charge >= 0.3 is 0 Å². The van der Waals surface area contributed by atoms with Gasteiger partial charge in [-0.05, 0) is 82.6 Å². The summed E-state index contributed by atoms with van der Waals surface area (Å²) in [6.07, 6.45) is 8.79. The first-order valence-electron chi connectivity index (χ1n) is 10.5. The Hall–Kier alpha value is -1.39. The second-order valence-corrected chi connectivity index (χ2v) is 8.48. The second kappa shape index (κ2) is 8.10. The van der Waals surface area contributed by atoms with Crippen LogP contribution in [0.2, 0.25) is 0 Å². The van der Waals surface area contributed by atoms with Crippen LogP contribution in [-0.2, 0) is 4.79 Å². The van der Waals surface area contributed by atoms with Crippen LogP contribution in [0, 0.1) is 0 Å². The zero-order valence-corrected chi connectivity index (χ0v) is 16.0. The molecule has 3 aliphatic rings. The minimum Gasteiger partial charge on any atom is -0.355 e. The second-order valence-electron chi connectivity index (χ2n) is 8.48. The lowest BCUT2D eigenvalue weighted by atomic mass is 9.89. The summed E-state index contributed by atoms with van der Waals surface area (Å²) < 4.78 is 0. The maximum absolute atomic E-state index is 12.4. The van der Waals surface area contributed by atoms with Crippen LogP contribution in [-0.4, -0.2) is 60.5 Å². The Morgan fingerprint density at radius 2 is 1.73 bits per heavy atom. The fourth-order valence-electron chi connectivity index (χ4n) is 5.48. The molecule has 1 N–H and O–H groups in total. The molecule has 3 saturated heterocycles. The van der Waals surface area contributed by atoms with Crippen molar-refractivity contribution < 1.29 is 4.79 Å². The Morgan fingerprint density at radius 3 is 2.42 bits per heavy atom. The maximum Gasteiger partial charge on any atom is 0.234 e. The Balaban J connectivity index is 1.17. The summed E-state index contributed by atoms with van der Waals surface area (Å²) in [5.41, 5.74) is 1.87. The topological polar surface area (TPSA) is 35.6 Å². The Morgan fingerprint density at radius 1 is 1.04 bits per heavy atom. The summed E-state index contributed by atoms with van der Waals surface area (Å²) >= 11 is 0. The van der Waals surface area contributed by atoms with Crippen molar-refractivity contribution in [3.63, 3.8) is 0 Å². The average Bonchev–Trinajstić information content (AvgIpc) is 3.23. The standard InChI is InChI=1S/C22H33N3O/c26-21(23-13-12-22-10-4-14-25(22)15-5-11-22)18-24-16-8-20(9-17-24)19-6-2-1-3-7-19/h1-3,6-7,20H,4-5,8-18H2,(H,23,26). The summed E-state index contributed by atoms with van der Waals surface area (Å²) in [7, 11) is 0. The van der Waals surface area contributed by atoms with Gasteiger partial charge in [-0.2, -0.15) is 0 Å². The maximum atomic E-state index is 12.4. The fraction of sp³-hybridized carbons (Fsp3) is 0.682. The summed E-state index contributed by atoms with van der Waals surface area (Å²) in [6.45, 7) is 6.01. The quantitative estimate of drug-likeness (QED) is 0.852. The van der Waals surface area contributed by atoms with Crippen LogP contribution < -0.4 is 5.32 Å². The van der Waals surface area contributed by atoms with E-state index in [-0.39, 0.29) is 5.91 Å². The molecule has 0 radical (unpaired) electrons. The van der Waals surface area contributed by atoms with E-state index in [4.69, 9.17) is 0 Å². The van der Waals surface area contributed by atoms with Gasteiger partial charge in [0.25, 0.3) is 0 Å². The van der Waals surface area contributed by atoms with E-state index in [0.29, 0.717) is 18.0 Å². The number of hydrogen-bond donors (Lipinski definition) is 1. The van der Waals surface area contributed by atoms with Crippen LogP contribution in [0.3, 0.4) is 0 Å². The SMILES string of the molecule is O=C(CN1CCC(c2ccccc2)CC1)NCCC12CCCN1CCC2. The molecule has 4 nitrogen and oxygen atoms in total. The number of fused-ring (bicyclic) bond motifs is 1. The molecule has 1 aromatic carbocycles. The Labute approximate surface area is 157 Å². The van der Waals surface area contributed by atoms with Crippen LogP contribution in [0.4, 0.5) is 0 Å². The molecule has 0 aromatic heterocycles. The molecular weight excluding hydrogens is 322 g/mol. The highest BCUT2D eigenvalue weighted by atomic mass is 16.2. The van der Waals surface area contributed by atoms with Crippen LogP contribution in [0.1, 0.15) is 56.4 Å². The lowest BCUT2D eigenvalue weighted by Crippen LogP contribution is -2.44. The largest absolute Gasteiger partial charge is 0.355 e. The monoisotopic (exact) mass is 355 g/mol. The summed E-state index contributed by atoms with van der Waals surface area (Å²) in [4.78, 5) is 17.4. The predicted molar refractivity (Wildman–Crippen MR) is 105 cm³/mol. The minimum absolute atomic E-state index is 0.210. The van der Waals surface area contributed by atoms with E-state index in [1.807, 2.05) is 0 Å². The van der Waals surface area contributed by atoms with Gasteiger partial charge in [0.2, 0.25) is 5.91 Å². The Kier molecular flexibility index (Phi) is 5.60. The minimum atomic E-state index is 0.210. The van der Waals surface area contributed by atoms with Crippen molar-refractivity contribution in [3.05, 3.63) is 35.9 Å². The van der Waals surface area contributed by atoms with Gasteiger partial charge in [0, 0.05) is 12.1 Å². The van der Waals surface area contributed by atoms with Crippen molar-refractivity contribution in [1.82, 2.24) is 15.1 Å². The zero-order valence-electron chi connectivity index (χ0n) is 16.0. The predicted octanol–water partition coefficient (Wildman–Crippen LogP) is 3.00. The van der Waals surface area contributed by atoms with Gasteiger partial charge in [0.1, 0.15) is 0 Å². The first kappa shape index (κ1) is 18.0. The van der Waals surface area contributed by atoms with E-state index >= 15 is 0 Å². The summed E-state index contributed by atoms with van der Waals surface area (Å²) in [6, 6.07) is 10.8. The molecule has 0 bridgehead atoms. The number of likely N-dealkylation sites (tertiary alicyclic amines) is 1. The highest BCUT2D eigenvalue weighted by molar-refractivity contribution is 5.78. The highest BCUT2D eigenvalue weighted by Gasteiger charge is 2.43. The molecule has 3 heterocycles. The van der Waals surface area contributed by atoms with Gasteiger partial charge in [-0.15, -0.1) is 0 Å². The smallest absolute Gasteiger partial charge is 0.234 e. The summed E-state index contributed by atoms with van der Waals surface area (Å²) in [5.74, 6) is 0.868.